The van der Waals surface area contributed by atoms with Gasteiger partial charge in [-0.1, -0.05) is 0 Å². The number of anilines is 1. The third kappa shape index (κ3) is 4.49. The molecule has 1 atom stereocenters. The van der Waals surface area contributed by atoms with Gasteiger partial charge >= 0.3 is 0 Å². The molecule has 0 aliphatic carbocycles. The molecule has 1 aromatic heterocycles. The van der Waals surface area contributed by atoms with Crippen LogP contribution in [0.5, 0.6) is 0 Å². The largest absolute Gasteiger partial charge is 0.383 e. The van der Waals surface area contributed by atoms with Gasteiger partial charge in [-0.2, -0.15) is 0 Å². The summed E-state index contributed by atoms with van der Waals surface area (Å²) in [5, 5.41) is 3.46. The molecule has 6 heteroatoms. The van der Waals surface area contributed by atoms with Crippen LogP contribution in [0.15, 0.2) is 12.4 Å². The van der Waals surface area contributed by atoms with Gasteiger partial charge in [-0.15, -0.1) is 0 Å². The molecule has 0 amide bonds. The van der Waals surface area contributed by atoms with Crippen LogP contribution in [-0.2, 0) is 16.0 Å². The summed E-state index contributed by atoms with van der Waals surface area (Å²) in [6.07, 6.45) is 3.79. The second-order valence-corrected chi connectivity index (χ2v) is 4.90. The van der Waals surface area contributed by atoms with Crippen LogP contribution >= 0.6 is 0 Å². The molecule has 0 saturated carbocycles. The molecule has 0 spiro atoms. The van der Waals surface area contributed by atoms with E-state index in [-0.39, 0.29) is 0 Å². The fourth-order valence-electron chi connectivity index (χ4n) is 2.26. The van der Waals surface area contributed by atoms with Crippen molar-refractivity contribution in [2.45, 2.75) is 19.5 Å². The Hall–Kier alpha value is -1.11. The summed E-state index contributed by atoms with van der Waals surface area (Å²) in [4.78, 5) is 6.78. The van der Waals surface area contributed by atoms with Gasteiger partial charge in [0.1, 0.15) is 0 Å². The van der Waals surface area contributed by atoms with Gasteiger partial charge in [0, 0.05) is 51.7 Å². The minimum atomic E-state index is 0.363. The zero-order chi connectivity index (χ0) is 13.5. The number of imidazole rings is 1. The fourth-order valence-corrected chi connectivity index (χ4v) is 2.26. The van der Waals surface area contributed by atoms with E-state index in [0.717, 1.165) is 45.3 Å². The second kappa shape index (κ2) is 7.47. The Morgan fingerprint density at radius 2 is 2.26 bits per heavy atom. The predicted octanol–water partition coefficient (Wildman–Crippen LogP) is 0.662. The summed E-state index contributed by atoms with van der Waals surface area (Å²) in [6.45, 7) is 8.44. The van der Waals surface area contributed by atoms with Crippen molar-refractivity contribution in [3.63, 3.8) is 0 Å². The average molecular weight is 268 g/mol. The first-order valence-corrected chi connectivity index (χ1v) is 6.86. The van der Waals surface area contributed by atoms with E-state index in [1.54, 1.807) is 7.11 Å². The second-order valence-electron chi connectivity index (χ2n) is 4.90. The van der Waals surface area contributed by atoms with Crippen molar-refractivity contribution < 1.29 is 9.47 Å². The van der Waals surface area contributed by atoms with E-state index in [1.165, 1.54) is 0 Å². The van der Waals surface area contributed by atoms with Crippen LogP contribution in [0.1, 0.15) is 6.92 Å². The first-order valence-electron chi connectivity index (χ1n) is 6.86. The van der Waals surface area contributed by atoms with E-state index in [0.29, 0.717) is 12.6 Å². The van der Waals surface area contributed by atoms with Gasteiger partial charge in [-0.3, -0.25) is 4.90 Å². The molecular weight excluding hydrogens is 244 g/mol. The summed E-state index contributed by atoms with van der Waals surface area (Å²) in [5.41, 5.74) is 0. The molecule has 2 heterocycles. The molecule has 1 aliphatic heterocycles. The summed E-state index contributed by atoms with van der Waals surface area (Å²) in [6, 6.07) is 0.363. The fraction of sp³-hybridized carbons (Fsp3) is 0.769. The molecule has 2 rings (SSSR count). The van der Waals surface area contributed by atoms with E-state index in [2.05, 4.69) is 26.7 Å². The first-order chi connectivity index (χ1) is 9.29. The number of methoxy groups -OCH3 is 1. The SMILES string of the molecule is COCCn1ccnc1NC(C)CN1CCOCC1. The Labute approximate surface area is 114 Å². The Morgan fingerprint density at radius 3 is 3.00 bits per heavy atom. The molecule has 1 aliphatic rings. The average Bonchev–Trinajstić information content (AvgIpc) is 2.84. The van der Waals surface area contributed by atoms with E-state index in [1.807, 2.05) is 12.4 Å². The maximum Gasteiger partial charge on any atom is 0.203 e. The molecule has 19 heavy (non-hydrogen) atoms. The minimum Gasteiger partial charge on any atom is -0.383 e. The Morgan fingerprint density at radius 1 is 1.47 bits per heavy atom. The zero-order valence-electron chi connectivity index (χ0n) is 11.8. The van der Waals surface area contributed by atoms with E-state index >= 15 is 0 Å². The van der Waals surface area contributed by atoms with E-state index in [4.69, 9.17) is 9.47 Å². The van der Waals surface area contributed by atoms with E-state index in [9.17, 15) is 0 Å². The van der Waals surface area contributed by atoms with Crippen molar-refractivity contribution in [3.05, 3.63) is 12.4 Å². The molecule has 108 valence electrons. The van der Waals surface area contributed by atoms with Crippen LogP contribution in [0.4, 0.5) is 5.95 Å². The lowest BCUT2D eigenvalue weighted by Crippen LogP contribution is -2.42. The molecule has 1 fully saturated rings. The third-order valence-corrected chi connectivity index (χ3v) is 3.26. The molecule has 0 radical (unpaired) electrons. The standard InChI is InChI=1S/C13H24N4O2/c1-12(11-16-5-9-19-10-6-16)15-13-14-3-4-17(13)7-8-18-2/h3-4,12H,5-11H2,1-2H3,(H,14,15). The number of morpholine rings is 1. The monoisotopic (exact) mass is 268 g/mol. The van der Waals surface area contributed by atoms with Gasteiger partial charge in [-0.05, 0) is 6.92 Å². The molecule has 1 aromatic rings. The minimum absolute atomic E-state index is 0.363. The highest BCUT2D eigenvalue weighted by molar-refractivity contribution is 5.27. The number of nitrogens with one attached hydrogen (secondary N) is 1. The van der Waals surface area contributed by atoms with Crippen molar-refractivity contribution in [1.82, 2.24) is 14.5 Å². The molecule has 0 aromatic carbocycles. The summed E-state index contributed by atoms with van der Waals surface area (Å²) in [5.74, 6) is 0.915. The van der Waals surface area contributed by atoms with E-state index < -0.39 is 0 Å². The van der Waals surface area contributed by atoms with Gasteiger partial charge < -0.3 is 19.4 Å². The molecule has 1 unspecified atom stereocenters. The number of ether oxygens (including phenoxy) is 2. The topological polar surface area (TPSA) is 51.5 Å². The van der Waals surface area contributed by atoms with Gasteiger partial charge in [0.05, 0.1) is 19.8 Å². The van der Waals surface area contributed by atoms with Crippen LogP contribution in [0.2, 0.25) is 0 Å². The van der Waals surface area contributed by atoms with Crippen molar-refractivity contribution in [2.24, 2.45) is 0 Å². The summed E-state index contributed by atoms with van der Waals surface area (Å²) >= 11 is 0. The Kier molecular flexibility index (Phi) is 5.62. The number of nitrogens with zero attached hydrogens (tertiary/aromatic N) is 3. The van der Waals surface area contributed by atoms with Crippen LogP contribution in [-0.4, -0.2) is 67.1 Å². The maximum atomic E-state index is 5.36. The molecule has 1 saturated heterocycles. The van der Waals surface area contributed by atoms with Gasteiger partial charge in [-0.25, -0.2) is 4.98 Å². The Balaban J connectivity index is 1.80. The van der Waals surface area contributed by atoms with Crippen LogP contribution in [0, 0.1) is 0 Å². The number of hydrogen-bond donors (Lipinski definition) is 1. The van der Waals surface area contributed by atoms with Crippen molar-refractivity contribution >= 4 is 5.95 Å². The highest BCUT2D eigenvalue weighted by Crippen LogP contribution is 2.07. The smallest absolute Gasteiger partial charge is 0.203 e. The predicted molar refractivity (Wildman–Crippen MR) is 74.4 cm³/mol. The molecular formula is C13H24N4O2. The number of rotatable bonds is 7. The van der Waals surface area contributed by atoms with Crippen LogP contribution in [0.3, 0.4) is 0 Å². The third-order valence-electron chi connectivity index (χ3n) is 3.26. The summed E-state index contributed by atoms with van der Waals surface area (Å²) < 4.78 is 12.5. The van der Waals surface area contributed by atoms with Crippen LogP contribution < -0.4 is 5.32 Å². The number of hydrogen-bond acceptors (Lipinski definition) is 5. The molecule has 6 nitrogen and oxygen atoms in total. The lowest BCUT2D eigenvalue weighted by Gasteiger charge is -2.29. The van der Waals surface area contributed by atoms with Gasteiger partial charge in [0.15, 0.2) is 0 Å². The Bertz CT molecular complexity index is 363. The zero-order valence-corrected chi connectivity index (χ0v) is 11.8. The highest BCUT2D eigenvalue weighted by atomic mass is 16.5. The van der Waals surface area contributed by atoms with Crippen LogP contribution in [0.25, 0.3) is 0 Å². The summed E-state index contributed by atoms with van der Waals surface area (Å²) in [7, 11) is 1.71. The first kappa shape index (κ1) is 14.3. The lowest BCUT2D eigenvalue weighted by molar-refractivity contribution is 0.0367. The van der Waals surface area contributed by atoms with Crippen molar-refractivity contribution in [1.29, 1.82) is 0 Å². The maximum absolute atomic E-state index is 5.36. The normalized spacial score (nSPS) is 18.4. The number of aromatic nitrogens is 2. The quantitative estimate of drug-likeness (QED) is 0.787. The lowest BCUT2D eigenvalue weighted by atomic mass is 10.3. The highest BCUT2D eigenvalue weighted by Gasteiger charge is 2.14. The van der Waals surface area contributed by atoms with Gasteiger partial charge in [0.2, 0.25) is 5.95 Å². The van der Waals surface area contributed by atoms with Crippen molar-refractivity contribution in [2.75, 3.05) is 51.9 Å². The van der Waals surface area contributed by atoms with Crippen molar-refractivity contribution in [3.8, 4) is 0 Å². The van der Waals surface area contributed by atoms with Gasteiger partial charge in [0.25, 0.3) is 0 Å². The molecule has 0 bridgehead atoms. The molecule has 1 N–H and O–H groups in total.